The SMILES string of the molecule is CCCCO[C@@H](C)CC[C@H](C)O. The summed E-state index contributed by atoms with van der Waals surface area (Å²) in [6, 6.07) is 0. The second-order valence-corrected chi connectivity index (χ2v) is 3.46. The van der Waals surface area contributed by atoms with E-state index >= 15 is 0 Å². The molecule has 0 unspecified atom stereocenters. The number of hydrogen-bond donors (Lipinski definition) is 1. The molecule has 0 saturated carbocycles. The highest BCUT2D eigenvalue weighted by molar-refractivity contribution is 4.54. The first-order chi connectivity index (χ1) is 5.66. The van der Waals surface area contributed by atoms with Gasteiger partial charge >= 0.3 is 0 Å². The van der Waals surface area contributed by atoms with Gasteiger partial charge in [-0.25, -0.2) is 0 Å². The van der Waals surface area contributed by atoms with Gasteiger partial charge in [-0.1, -0.05) is 13.3 Å². The molecule has 0 aliphatic heterocycles. The van der Waals surface area contributed by atoms with E-state index in [-0.39, 0.29) is 6.10 Å². The summed E-state index contributed by atoms with van der Waals surface area (Å²) in [6.45, 7) is 6.90. The highest BCUT2D eigenvalue weighted by atomic mass is 16.5. The Labute approximate surface area is 75.9 Å². The fourth-order valence-electron chi connectivity index (χ4n) is 0.988. The van der Waals surface area contributed by atoms with Crippen molar-refractivity contribution < 1.29 is 9.84 Å². The van der Waals surface area contributed by atoms with Gasteiger partial charge in [0.1, 0.15) is 0 Å². The van der Waals surface area contributed by atoms with E-state index < -0.39 is 0 Å². The molecule has 0 heterocycles. The molecule has 12 heavy (non-hydrogen) atoms. The van der Waals surface area contributed by atoms with Gasteiger partial charge in [-0.3, -0.25) is 0 Å². The lowest BCUT2D eigenvalue weighted by molar-refractivity contribution is 0.0469. The van der Waals surface area contributed by atoms with Crippen molar-refractivity contribution >= 4 is 0 Å². The standard InChI is InChI=1S/C10H22O2/c1-4-5-8-12-10(3)7-6-9(2)11/h9-11H,4-8H2,1-3H3/t9-,10-/m0/s1. The monoisotopic (exact) mass is 174 g/mol. The van der Waals surface area contributed by atoms with Crippen molar-refractivity contribution in [2.75, 3.05) is 6.61 Å². The summed E-state index contributed by atoms with van der Waals surface area (Å²) in [5.41, 5.74) is 0. The van der Waals surface area contributed by atoms with Crippen LogP contribution in [-0.2, 0) is 4.74 Å². The van der Waals surface area contributed by atoms with Gasteiger partial charge in [0.25, 0.3) is 0 Å². The Hall–Kier alpha value is -0.0800. The average molecular weight is 174 g/mol. The molecule has 0 fully saturated rings. The molecule has 74 valence electrons. The van der Waals surface area contributed by atoms with Gasteiger partial charge in [-0.15, -0.1) is 0 Å². The molecule has 2 atom stereocenters. The molecule has 0 aromatic heterocycles. The van der Waals surface area contributed by atoms with Gasteiger partial charge < -0.3 is 9.84 Å². The molecule has 0 radical (unpaired) electrons. The largest absolute Gasteiger partial charge is 0.393 e. The van der Waals surface area contributed by atoms with E-state index in [1.165, 1.54) is 6.42 Å². The second-order valence-electron chi connectivity index (χ2n) is 3.46. The van der Waals surface area contributed by atoms with Crippen molar-refractivity contribution in [1.29, 1.82) is 0 Å². The summed E-state index contributed by atoms with van der Waals surface area (Å²) >= 11 is 0. The average Bonchev–Trinajstić information content (AvgIpc) is 2.01. The number of unbranched alkanes of at least 4 members (excludes halogenated alkanes) is 1. The van der Waals surface area contributed by atoms with Crippen LogP contribution in [0.3, 0.4) is 0 Å². The third-order valence-electron chi connectivity index (χ3n) is 1.89. The Bertz CT molecular complexity index is 91.8. The molecule has 0 aliphatic carbocycles. The maximum Gasteiger partial charge on any atom is 0.0547 e. The maximum absolute atomic E-state index is 9.02. The fourth-order valence-corrected chi connectivity index (χ4v) is 0.988. The zero-order valence-electron chi connectivity index (χ0n) is 8.55. The van der Waals surface area contributed by atoms with E-state index in [0.717, 1.165) is 25.9 Å². The number of ether oxygens (including phenoxy) is 1. The Morgan fingerprint density at radius 2 is 1.92 bits per heavy atom. The van der Waals surface area contributed by atoms with Crippen LogP contribution in [0.2, 0.25) is 0 Å². The second kappa shape index (κ2) is 7.56. The number of aliphatic hydroxyl groups is 1. The van der Waals surface area contributed by atoms with Crippen LogP contribution >= 0.6 is 0 Å². The molecule has 2 heteroatoms. The van der Waals surface area contributed by atoms with Crippen molar-refractivity contribution in [2.45, 2.75) is 58.7 Å². The summed E-state index contributed by atoms with van der Waals surface area (Å²) < 4.78 is 5.52. The van der Waals surface area contributed by atoms with Gasteiger partial charge in [0.2, 0.25) is 0 Å². The number of hydrogen-bond acceptors (Lipinski definition) is 2. The molecule has 0 amide bonds. The predicted octanol–water partition coefficient (Wildman–Crippen LogP) is 2.35. The molecule has 2 nitrogen and oxygen atoms in total. The zero-order valence-corrected chi connectivity index (χ0v) is 8.55. The van der Waals surface area contributed by atoms with Crippen LogP contribution in [0.1, 0.15) is 46.5 Å². The van der Waals surface area contributed by atoms with Crippen molar-refractivity contribution in [3.05, 3.63) is 0 Å². The normalized spacial score (nSPS) is 16.0. The third-order valence-corrected chi connectivity index (χ3v) is 1.89. The van der Waals surface area contributed by atoms with E-state index in [0.29, 0.717) is 6.10 Å². The Morgan fingerprint density at radius 1 is 1.25 bits per heavy atom. The quantitative estimate of drug-likeness (QED) is 0.600. The maximum atomic E-state index is 9.02. The van der Waals surface area contributed by atoms with E-state index in [1.807, 2.05) is 6.92 Å². The van der Waals surface area contributed by atoms with E-state index in [2.05, 4.69) is 13.8 Å². The number of aliphatic hydroxyl groups excluding tert-OH is 1. The highest BCUT2D eigenvalue weighted by Crippen LogP contribution is 2.05. The topological polar surface area (TPSA) is 29.5 Å². The first-order valence-corrected chi connectivity index (χ1v) is 4.96. The van der Waals surface area contributed by atoms with Crippen LogP contribution in [0.25, 0.3) is 0 Å². The summed E-state index contributed by atoms with van der Waals surface area (Å²) in [4.78, 5) is 0. The minimum absolute atomic E-state index is 0.192. The fraction of sp³-hybridized carbons (Fsp3) is 1.00. The molecule has 0 spiro atoms. The van der Waals surface area contributed by atoms with E-state index in [9.17, 15) is 0 Å². The first-order valence-electron chi connectivity index (χ1n) is 4.96. The molecule has 0 saturated heterocycles. The van der Waals surface area contributed by atoms with Crippen LogP contribution < -0.4 is 0 Å². The number of rotatable bonds is 7. The minimum Gasteiger partial charge on any atom is -0.393 e. The van der Waals surface area contributed by atoms with Gasteiger partial charge in [-0.2, -0.15) is 0 Å². The molecule has 0 aromatic rings. The van der Waals surface area contributed by atoms with Crippen molar-refractivity contribution in [3.63, 3.8) is 0 Å². The molecule has 0 rings (SSSR count). The Morgan fingerprint density at radius 3 is 2.42 bits per heavy atom. The van der Waals surface area contributed by atoms with Crippen molar-refractivity contribution in [1.82, 2.24) is 0 Å². The summed E-state index contributed by atoms with van der Waals surface area (Å²) in [5, 5.41) is 9.02. The zero-order chi connectivity index (χ0) is 9.40. The molecule has 0 aliphatic rings. The van der Waals surface area contributed by atoms with Crippen LogP contribution in [0.5, 0.6) is 0 Å². The third kappa shape index (κ3) is 8.02. The lowest BCUT2D eigenvalue weighted by atomic mass is 10.1. The highest BCUT2D eigenvalue weighted by Gasteiger charge is 2.03. The molecule has 0 aromatic carbocycles. The van der Waals surface area contributed by atoms with Crippen molar-refractivity contribution in [2.24, 2.45) is 0 Å². The Kier molecular flexibility index (Phi) is 7.51. The summed E-state index contributed by atoms with van der Waals surface area (Å²) in [7, 11) is 0. The van der Waals surface area contributed by atoms with Crippen LogP contribution in [0, 0.1) is 0 Å². The smallest absolute Gasteiger partial charge is 0.0547 e. The first kappa shape index (κ1) is 11.9. The summed E-state index contributed by atoms with van der Waals surface area (Å²) in [5.74, 6) is 0. The molecular formula is C10H22O2. The lowest BCUT2D eigenvalue weighted by Gasteiger charge is -2.13. The van der Waals surface area contributed by atoms with Gasteiger partial charge in [0.15, 0.2) is 0 Å². The molecular weight excluding hydrogens is 152 g/mol. The van der Waals surface area contributed by atoms with Crippen molar-refractivity contribution in [3.8, 4) is 0 Å². The van der Waals surface area contributed by atoms with Crippen LogP contribution in [-0.4, -0.2) is 23.9 Å². The molecule has 0 bridgehead atoms. The van der Waals surface area contributed by atoms with E-state index in [4.69, 9.17) is 9.84 Å². The van der Waals surface area contributed by atoms with E-state index in [1.54, 1.807) is 0 Å². The predicted molar refractivity (Wildman–Crippen MR) is 51.2 cm³/mol. The Balaban J connectivity index is 3.15. The van der Waals surface area contributed by atoms with Crippen LogP contribution in [0.15, 0.2) is 0 Å². The lowest BCUT2D eigenvalue weighted by Crippen LogP contribution is -2.12. The summed E-state index contributed by atoms with van der Waals surface area (Å²) in [6.07, 6.45) is 4.23. The van der Waals surface area contributed by atoms with Crippen LogP contribution in [0.4, 0.5) is 0 Å². The minimum atomic E-state index is -0.192. The van der Waals surface area contributed by atoms with Gasteiger partial charge in [0.05, 0.1) is 12.2 Å². The molecule has 1 N–H and O–H groups in total. The van der Waals surface area contributed by atoms with Gasteiger partial charge in [0, 0.05) is 6.61 Å². The van der Waals surface area contributed by atoms with Gasteiger partial charge in [-0.05, 0) is 33.1 Å².